The van der Waals surface area contributed by atoms with Crippen molar-refractivity contribution in [1.29, 1.82) is 0 Å². The molecule has 2 aliphatic rings. The number of carbonyl (C=O) groups excluding carboxylic acids is 1. The maximum atomic E-state index is 13.2. The number of aryl methyl sites for hydroxylation is 1. The Hall–Kier alpha value is -1.44. The van der Waals surface area contributed by atoms with Gasteiger partial charge in [-0.05, 0) is 44.2 Å². The van der Waals surface area contributed by atoms with Gasteiger partial charge in [-0.3, -0.25) is 4.79 Å². The SMILES string of the molecule is Cc1ccc(S(=O)(=O)N2CCN(C(=O)C[NH+]3CCCCC3)[C@@H]2C(C)C)cc1. The Morgan fingerprint density at radius 1 is 1.11 bits per heavy atom. The zero-order valence-electron chi connectivity index (χ0n) is 16.6. The Bertz CT molecular complexity index is 755. The van der Waals surface area contributed by atoms with E-state index < -0.39 is 16.2 Å². The molecule has 7 heteroatoms. The van der Waals surface area contributed by atoms with E-state index in [-0.39, 0.29) is 11.8 Å². The second-order valence-electron chi connectivity index (χ2n) is 8.16. The fourth-order valence-corrected chi connectivity index (χ4v) is 5.96. The number of nitrogens with one attached hydrogen (secondary N) is 1. The van der Waals surface area contributed by atoms with Crippen LogP contribution in [-0.2, 0) is 14.8 Å². The Labute approximate surface area is 163 Å². The van der Waals surface area contributed by atoms with Gasteiger partial charge in [0.05, 0.1) is 18.0 Å². The van der Waals surface area contributed by atoms with E-state index >= 15 is 0 Å². The van der Waals surface area contributed by atoms with Gasteiger partial charge >= 0.3 is 0 Å². The summed E-state index contributed by atoms with van der Waals surface area (Å²) >= 11 is 0. The van der Waals surface area contributed by atoms with Crippen LogP contribution in [0.25, 0.3) is 0 Å². The lowest BCUT2D eigenvalue weighted by atomic mass is 10.1. The molecular formula is C20H32N3O3S+. The molecule has 0 unspecified atom stereocenters. The summed E-state index contributed by atoms with van der Waals surface area (Å²) in [4.78, 5) is 16.4. The minimum absolute atomic E-state index is 0.0352. The number of carbonyl (C=O) groups is 1. The van der Waals surface area contributed by atoms with Gasteiger partial charge in [0.2, 0.25) is 10.0 Å². The largest absolute Gasteiger partial charge is 0.327 e. The number of sulfonamides is 1. The summed E-state index contributed by atoms with van der Waals surface area (Å²) < 4.78 is 27.9. The summed E-state index contributed by atoms with van der Waals surface area (Å²) in [5.41, 5.74) is 1.03. The second-order valence-corrected chi connectivity index (χ2v) is 10.1. The molecule has 0 saturated carbocycles. The van der Waals surface area contributed by atoms with E-state index in [1.807, 2.05) is 32.9 Å². The van der Waals surface area contributed by atoms with E-state index in [0.29, 0.717) is 24.5 Å². The third-order valence-electron chi connectivity index (χ3n) is 5.68. The summed E-state index contributed by atoms with van der Waals surface area (Å²) in [5.74, 6) is 0.111. The molecule has 0 radical (unpaired) electrons. The lowest BCUT2D eigenvalue weighted by Gasteiger charge is -2.33. The molecule has 1 aromatic rings. The molecule has 3 rings (SSSR count). The molecule has 6 nitrogen and oxygen atoms in total. The van der Waals surface area contributed by atoms with Crippen molar-refractivity contribution in [1.82, 2.24) is 9.21 Å². The first-order chi connectivity index (χ1) is 12.8. The molecule has 0 aliphatic carbocycles. The first-order valence-corrected chi connectivity index (χ1v) is 11.5. The maximum Gasteiger partial charge on any atom is 0.279 e. The topological polar surface area (TPSA) is 62.1 Å². The Morgan fingerprint density at radius 3 is 2.33 bits per heavy atom. The summed E-state index contributed by atoms with van der Waals surface area (Å²) in [6.07, 6.45) is 3.18. The fraction of sp³-hybridized carbons (Fsp3) is 0.650. The highest BCUT2D eigenvalue weighted by atomic mass is 32.2. The van der Waals surface area contributed by atoms with Gasteiger partial charge in [-0.2, -0.15) is 4.31 Å². The summed E-state index contributed by atoms with van der Waals surface area (Å²) in [7, 11) is -3.62. The van der Waals surface area contributed by atoms with Crippen LogP contribution in [0.3, 0.4) is 0 Å². The lowest BCUT2D eigenvalue weighted by Crippen LogP contribution is -3.14. The van der Waals surface area contributed by atoms with E-state index in [1.54, 1.807) is 17.0 Å². The zero-order valence-corrected chi connectivity index (χ0v) is 17.5. The van der Waals surface area contributed by atoms with Crippen LogP contribution in [0.1, 0.15) is 38.7 Å². The quantitative estimate of drug-likeness (QED) is 0.806. The predicted octanol–water partition coefficient (Wildman–Crippen LogP) is 0.879. The molecule has 27 heavy (non-hydrogen) atoms. The van der Waals surface area contributed by atoms with Crippen molar-refractivity contribution >= 4 is 15.9 Å². The van der Waals surface area contributed by atoms with E-state index in [2.05, 4.69) is 0 Å². The Morgan fingerprint density at radius 2 is 1.74 bits per heavy atom. The average Bonchev–Trinajstić information content (AvgIpc) is 3.09. The first-order valence-electron chi connectivity index (χ1n) is 10.0. The molecular weight excluding hydrogens is 362 g/mol. The average molecular weight is 395 g/mol. The lowest BCUT2D eigenvalue weighted by molar-refractivity contribution is -0.897. The molecule has 0 spiro atoms. The number of rotatable bonds is 5. The van der Waals surface area contributed by atoms with Gasteiger partial charge in [-0.15, -0.1) is 0 Å². The van der Waals surface area contributed by atoms with Crippen molar-refractivity contribution < 1.29 is 18.1 Å². The smallest absolute Gasteiger partial charge is 0.279 e. The highest BCUT2D eigenvalue weighted by Crippen LogP contribution is 2.28. The zero-order chi connectivity index (χ0) is 19.6. The third kappa shape index (κ3) is 4.36. The summed E-state index contributed by atoms with van der Waals surface area (Å²) in [6.45, 7) is 9.30. The van der Waals surface area contributed by atoms with Crippen molar-refractivity contribution in [3.05, 3.63) is 29.8 Å². The van der Waals surface area contributed by atoms with Gasteiger partial charge in [0.25, 0.3) is 5.91 Å². The Kier molecular flexibility index (Phi) is 6.23. The molecule has 1 N–H and O–H groups in total. The van der Waals surface area contributed by atoms with Crippen molar-refractivity contribution in [3.63, 3.8) is 0 Å². The number of piperidine rings is 1. The third-order valence-corrected chi connectivity index (χ3v) is 7.57. The molecule has 150 valence electrons. The van der Waals surface area contributed by atoms with Crippen LogP contribution < -0.4 is 4.90 Å². The molecule has 2 heterocycles. The van der Waals surface area contributed by atoms with Crippen molar-refractivity contribution in [3.8, 4) is 0 Å². The monoisotopic (exact) mass is 394 g/mol. The van der Waals surface area contributed by atoms with Gasteiger partial charge < -0.3 is 9.80 Å². The summed E-state index contributed by atoms with van der Waals surface area (Å²) in [5, 5.41) is 0. The molecule has 1 amide bonds. The number of nitrogens with zero attached hydrogens (tertiary/aromatic N) is 2. The number of hydrogen-bond acceptors (Lipinski definition) is 3. The van der Waals surface area contributed by atoms with E-state index in [1.165, 1.54) is 28.5 Å². The van der Waals surface area contributed by atoms with Gasteiger partial charge in [-0.1, -0.05) is 31.5 Å². The molecule has 2 fully saturated rings. The molecule has 0 bridgehead atoms. The standard InChI is InChI=1S/C20H31N3O3S/c1-16(2)20-22(19(24)15-21-11-5-4-6-12-21)13-14-23(20)27(25,26)18-9-7-17(3)8-10-18/h7-10,16,20H,4-6,11-15H2,1-3H3/p+1/t20-/m0/s1. The molecule has 1 atom stereocenters. The van der Waals surface area contributed by atoms with Crippen molar-refractivity contribution in [2.45, 2.75) is 51.1 Å². The minimum atomic E-state index is -3.62. The highest BCUT2D eigenvalue weighted by Gasteiger charge is 2.44. The van der Waals surface area contributed by atoms with Crippen LogP contribution in [0, 0.1) is 12.8 Å². The normalized spacial score (nSPS) is 22.5. The molecule has 1 aromatic carbocycles. The molecule has 2 aliphatic heterocycles. The first kappa shape index (κ1) is 20.3. The van der Waals surface area contributed by atoms with Gasteiger partial charge in [0.15, 0.2) is 6.54 Å². The predicted molar refractivity (Wildman–Crippen MR) is 105 cm³/mol. The number of likely N-dealkylation sites (tertiary alicyclic amines) is 1. The van der Waals surface area contributed by atoms with Crippen molar-refractivity contribution in [2.24, 2.45) is 5.92 Å². The highest BCUT2D eigenvalue weighted by molar-refractivity contribution is 7.89. The Balaban J connectivity index is 1.79. The maximum absolute atomic E-state index is 13.2. The van der Waals surface area contributed by atoms with Crippen molar-refractivity contribution in [2.75, 3.05) is 32.7 Å². The van der Waals surface area contributed by atoms with Crippen LogP contribution >= 0.6 is 0 Å². The number of amides is 1. The fourth-order valence-electron chi connectivity index (χ4n) is 4.24. The van der Waals surface area contributed by atoms with Gasteiger partial charge in [-0.25, -0.2) is 8.42 Å². The van der Waals surface area contributed by atoms with E-state index in [0.717, 1.165) is 18.7 Å². The number of benzene rings is 1. The minimum Gasteiger partial charge on any atom is -0.327 e. The molecule has 0 aromatic heterocycles. The number of hydrogen-bond donors (Lipinski definition) is 1. The summed E-state index contributed by atoms with van der Waals surface area (Å²) in [6, 6.07) is 6.95. The van der Waals surface area contributed by atoms with Crippen LogP contribution in [0.15, 0.2) is 29.2 Å². The number of quaternary nitrogens is 1. The van der Waals surface area contributed by atoms with E-state index in [9.17, 15) is 13.2 Å². The van der Waals surface area contributed by atoms with Crippen LogP contribution in [-0.4, -0.2) is 62.4 Å². The van der Waals surface area contributed by atoms with Crippen LogP contribution in [0.4, 0.5) is 0 Å². The van der Waals surface area contributed by atoms with E-state index in [4.69, 9.17) is 0 Å². The van der Waals surface area contributed by atoms with Gasteiger partial charge in [0, 0.05) is 13.1 Å². The second kappa shape index (κ2) is 8.29. The molecule has 2 saturated heterocycles. The van der Waals surface area contributed by atoms with Crippen LogP contribution in [0.5, 0.6) is 0 Å². The van der Waals surface area contributed by atoms with Crippen LogP contribution in [0.2, 0.25) is 0 Å². The van der Waals surface area contributed by atoms with Gasteiger partial charge in [0.1, 0.15) is 6.17 Å².